The number of nitrogens with zero attached hydrogens (tertiary/aromatic N) is 1. The first-order chi connectivity index (χ1) is 4.79. The summed E-state index contributed by atoms with van der Waals surface area (Å²) in [5.74, 6) is -0.132. The molecule has 0 atom stereocenters. The van der Waals surface area contributed by atoms with Gasteiger partial charge in [0.25, 0.3) is 0 Å². The molecule has 3 nitrogen and oxygen atoms in total. The Balaban J connectivity index is 2.19. The van der Waals surface area contributed by atoms with Crippen molar-refractivity contribution in [3.8, 4) is 0 Å². The van der Waals surface area contributed by atoms with E-state index in [0.29, 0.717) is 6.04 Å². The summed E-state index contributed by atoms with van der Waals surface area (Å²) in [5, 5.41) is 11.5. The Hall–Kier alpha value is -0.730. The Morgan fingerprint density at radius 2 is 1.90 bits per heavy atom. The SMILES string of the molecule is [N]=C(N)NC1CCCCC1. The van der Waals surface area contributed by atoms with E-state index in [1.54, 1.807) is 0 Å². The summed E-state index contributed by atoms with van der Waals surface area (Å²) < 4.78 is 0. The van der Waals surface area contributed by atoms with Crippen molar-refractivity contribution in [1.29, 1.82) is 0 Å². The van der Waals surface area contributed by atoms with Gasteiger partial charge in [0.2, 0.25) is 5.96 Å². The van der Waals surface area contributed by atoms with Gasteiger partial charge in [-0.25, -0.2) is 0 Å². The molecule has 0 aromatic heterocycles. The van der Waals surface area contributed by atoms with Crippen molar-refractivity contribution in [2.24, 2.45) is 5.73 Å². The first-order valence-electron chi connectivity index (χ1n) is 3.87. The summed E-state index contributed by atoms with van der Waals surface area (Å²) in [6.45, 7) is 0. The zero-order valence-electron chi connectivity index (χ0n) is 6.14. The smallest absolute Gasteiger partial charge is 0.214 e. The summed E-state index contributed by atoms with van der Waals surface area (Å²) in [4.78, 5) is 0. The van der Waals surface area contributed by atoms with E-state index in [2.05, 4.69) is 5.32 Å². The monoisotopic (exact) mass is 140 g/mol. The van der Waals surface area contributed by atoms with Gasteiger partial charge in [0.05, 0.1) is 0 Å². The molecule has 3 N–H and O–H groups in total. The first kappa shape index (κ1) is 7.38. The van der Waals surface area contributed by atoms with Crippen LogP contribution in [0.1, 0.15) is 32.1 Å². The lowest BCUT2D eigenvalue weighted by molar-refractivity contribution is 0.412. The zero-order chi connectivity index (χ0) is 7.40. The Labute approximate surface area is 61.5 Å². The van der Waals surface area contributed by atoms with Gasteiger partial charge in [-0.15, -0.1) is 5.41 Å². The average Bonchev–Trinajstić information content (AvgIpc) is 1.88. The van der Waals surface area contributed by atoms with Crippen molar-refractivity contribution in [1.82, 2.24) is 10.7 Å². The molecule has 1 radical (unpaired) electrons. The third-order valence-electron chi connectivity index (χ3n) is 1.96. The molecule has 10 heavy (non-hydrogen) atoms. The highest BCUT2D eigenvalue weighted by molar-refractivity contribution is 5.75. The Kier molecular flexibility index (Phi) is 2.54. The fourth-order valence-corrected chi connectivity index (χ4v) is 1.46. The van der Waals surface area contributed by atoms with Crippen molar-refractivity contribution in [3.63, 3.8) is 0 Å². The maximum Gasteiger partial charge on any atom is 0.214 e. The molecule has 0 saturated heterocycles. The molecule has 0 spiro atoms. The van der Waals surface area contributed by atoms with Crippen LogP contribution in [0.5, 0.6) is 0 Å². The molecule has 1 aliphatic carbocycles. The van der Waals surface area contributed by atoms with Gasteiger partial charge >= 0.3 is 0 Å². The van der Waals surface area contributed by atoms with Crippen LogP contribution in [0.4, 0.5) is 0 Å². The fraction of sp³-hybridized carbons (Fsp3) is 0.857. The number of rotatable bonds is 1. The van der Waals surface area contributed by atoms with Gasteiger partial charge in [-0.1, -0.05) is 19.3 Å². The van der Waals surface area contributed by atoms with E-state index >= 15 is 0 Å². The van der Waals surface area contributed by atoms with Crippen LogP contribution in [0.15, 0.2) is 0 Å². The Morgan fingerprint density at radius 3 is 2.40 bits per heavy atom. The van der Waals surface area contributed by atoms with Crippen LogP contribution < -0.4 is 16.5 Å². The average molecular weight is 140 g/mol. The molecule has 1 saturated carbocycles. The van der Waals surface area contributed by atoms with Crippen LogP contribution in [0.25, 0.3) is 0 Å². The summed E-state index contributed by atoms with van der Waals surface area (Å²) in [5.41, 5.74) is 5.08. The zero-order valence-corrected chi connectivity index (χ0v) is 6.14. The number of guanidine groups is 1. The number of nitrogens with one attached hydrogen (secondary N) is 1. The molecular formula is C7H14N3. The molecule has 0 aromatic rings. The second-order valence-electron chi connectivity index (χ2n) is 2.86. The van der Waals surface area contributed by atoms with Crippen molar-refractivity contribution in [2.75, 3.05) is 0 Å². The van der Waals surface area contributed by atoms with Crippen LogP contribution in [-0.2, 0) is 0 Å². The van der Waals surface area contributed by atoms with Crippen molar-refractivity contribution >= 4 is 5.96 Å². The molecule has 1 fully saturated rings. The minimum atomic E-state index is -0.132. The topological polar surface area (TPSA) is 60.4 Å². The van der Waals surface area contributed by atoms with E-state index in [0.717, 1.165) is 12.8 Å². The van der Waals surface area contributed by atoms with Crippen LogP contribution in [0.3, 0.4) is 0 Å². The van der Waals surface area contributed by atoms with E-state index in [1.807, 2.05) is 0 Å². The van der Waals surface area contributed by atoms with Crippen molar-refractivity contribution in [2.45, 2.75) is 38.1 Å². The van der Waals surface area contributed by atoms with Gasteiger partial charge in [-0.3, -0.25) is 0 Å². The predicted octanol–water partition coefficient (Wildman–Crippen LogP) is 0.0235. The molecule has 0 unspecified atom stereocenters. The van der Waals surface area contributed by atoms with E-state index in [1.165, 1.54) is 19.3 Å². The van der Waals surface area contributed by atoms with E-state index in [4.69, 9.17) is 11.1 Å². The van der Waals surface area contributed by atoms with Crippen LogP contribution >= 0.6 is 0 Å². The van der Waals surface area contributed by atoms with Crippen LogP contribution in [0, 0.1) is 0 Å². The molecule has 0 amide bonds. The van der Waals surface area contributed by atoms with Crippen LogP contribution in [0.2, 0.25) is 0 Å². The highest BCUT2D eigenvalue weighted by Crippen LogP contribution is 2.16. The Bertz CT molecular complexity index is 116. The molecule has 3 heteroatoms. The van der Waals surface area contributed by atoms with E-state index in [9.17, 15) is 0 Å². The van der Waals surface area contributed by atoms with Gasteiger partial charge in [-0.2, -0.15) is 0 Å². The molecule has 0 aromatic carbocycles. The molecule has 0 bridgehead atoms. The van der Waals surface area contributed by atoms with Gasteiger partial charge in [0.15, 0.2) is 0 Å². The summed E-state index contributed by atoms with van der Waals surface area (Å²) >= 11 is 0. The molecular weight excluding hydrogens is 126 g/mol. The van der Waals surface area contributed by atoms with Gasteiger partial charge < -0.3 is 11.1 Å². The lowest BCUT2D eigenvalue weighted by Crippen LogP contribution is -2.41. The Morgan fingerprint density at radius 1 is 1.30 bits per heavy atom. The summed E-state index contributed by atoms with van der Waals surface area (Å²) in [7, 11) is 0. The lowest BCUT2D eigenvalue weighted by Gasteiger charge is -2.22. The number of hydrogen-bond acceptors (Lipinski definition) is 0. The van der Waals surface area contributed by atoms with E-state index < -0.39 is 0 Å². The van der Waals surface area contributed by atoms with Crippen molar-refractivity contribution in [3.05, 3.63) is 0 Å². The highest BCUT2D eigenvalue weighted by atomic mass is 15.1. The quantitative estimate of drug-likeness (QED) is 0.398. The third kappa shape index (κ3) is 2.25. The fourth-order valence-electron chi connectivity index (χ4n) is 1.46. The predicted molar refractivity (Wildman–Crippen MR) is 41.3 cm³/mol. The molecule has 1 rings (SSSR count). The molecule has 1 aliphatic rings. The van der Waals surface area contributed by atoms with E-state index in [-0.39, 0.29) is 5.96 Å². The van der Waals surface area contributed by atoms with Crippen molar-refractivity contribution < 1.29 is 0 Å². The highest BCUT2D eigenvalue weighted by Gasteiger charge is 2.12. The summed E-state index contributed by atoms with van der Waals surface area (Å²) in [6, 6.07) is 0.416. The number of nitrogens with two attached hydrogens (primary N) is 1. The normalized spacial score (nSPS) is 20.4. The molecule has 0 heterocycles. The molecule has 57 valence electrons. The summed E-state index contributed by atoms with van der Waals surface area (Å²) in [6.07, 6.45) is 6.11. The van der Waals surface area contributed by atoms with Crippen LogP contribution in [-0.4, -0.2) is 12.0 Å². The largest absolute Gasteiger partial charge is 0.368 e. The third-order valence-corrected chi connectivity index (χ3v) is 1.96. The molecule has 0 aliphatic heterocycles. The van der Waals surface area contributed by atoms with Gasteiger partial charge in [0, 0.05) is 6.04 Å². The second kappa shape index (κ2) is 3.44. The van der Waals surface area contributed by atoms with Gasteiger partial charge in [0.1, 0.15) is 0 Å². The maximum absolute atomic E-state index is 8.69. The minimum Gasteiger partial charge on any atom is -0.368 e. The lowest BCUT2D eigenvalue weighted by atomic mass is 9.96. The maximum atomic E-state index is 8.69. The standard InChI is InChI=1S/C7H14N3/c8-7(9)10-6-4-2-1-3-5-6/h6,10H,1-5,8H2. The minimum absolute atomic E-state index is 0.132. The van der Waals surface area contributed by atoms with Gasteiger partial charge in [-0.05, 0) is 12.8 Å². The second-order valence-corrected chi connectivity index (χ2v) is 2.86. The number of hydrogen-bond donors (Lipinski definition) is 2. The first-order valence-corrected chi connectivity index (χ1v) is 3.87.